The molecule has 0 aliphatic carbocycles. The monoisotopic (exact) mass is 387 g/mol. The van der Waals surface area contributed by atoms with E-state index in [2.05, 4.69) is 32.1 Å². The van der Waals surface area contributed by atoms with Crippen molar-refractivity contribution in [2.75, 3.05) is 56.3 Å². The van der Waals surface area contributed by atoms with Gasteiger partial charge >= 0.3 is 0 Å². The molecule has 144 valence electrons. The SMILES string of the molecule is COc1ccc(NC(=O)CSc2nc(C)cc(N3CCN(C)CC3)n2)cc1. The molecular weight excluding hydrogens is 362 g/mol. The zero-order valence-electron chi connectivity index (χ0n) is 15.9. The Labute approximate surface area is 164 Å². The van der Waals surface area contributed by atoms with Gasteiger partial charge < -0.3 is 19.9 Å². The van der Waals surface area contributed by atoms with Gasteiger partial charge in [-0.3, -0.25) is 4.79 Å². The second kappa shape index (κ2) is 9.05. The minimum atomic E-state index is -0.0866. The highest BCUT2D eigenvalue weighted by Crippen LogP contribution is 2.21. The molecule has 1 aliphatic rings. The van der Waals surface area contributed by atoms with Crippen LogP contribution in [0.15, 0.2) is 35.5 Å². The lowest BCUT2D eigenvalue weighted by atomic mass is 10.3. The predicted molar refractivity (Wildman–Crippen MR) is 109 cm³/mol. The first-order chi connectivity index (χ1) is 13.0. The average molecular weight is 388 g/mol. The van der Waals surface area contributed by atoms with Gasteiger partial charge in [0, 0.05) is 43.6 Å². The molecule has 0 unspecified atom stereocenters. The first kappa shape index (κ1) is 19.4. The number of piperazine rings is 1. The Kier molecular flexibility index (Phi) is 6.52. The number of methoxy groups -OCH3 is 1. The number of aryl methyl sites for hydroxylation is 1. The fraction of sp³-hybridized carbons (Fsp3) is 0.421. The van der Waals surface area contributed by atoms with E-state index in [1.165, 1.54) is 11.8 Å². The van der Waals surface area contributed by atoms with E-state index in [9.17, 15) is 4.79 Å². The van der Waals surface area contributed by atoms with Crippen LogP contribution in [-0.2, 0) is 4.79 Å². The second-order valence-electron chi connectivity index (χ2n) is 6.51. The number of amides is 1. The molecule has 0 atom stereocenters. The van der Waals surface area contributed by atoms with E-state index in [0.717, 1.165) is 49.1 Å². The van der Waals surface area contributed by atoms with Crippen LogP contribution in [0.25, 0.3) is 0 Å². The fourth-order valence-corrected chi connectivity index (χ4v) is 3.49. The minimum Gasteiger partial charge on any atom is -0.497 e. The Morgan fingerprint density at radius 2 is 1.89 bits per heavy atom. The van der Waals surface area contributed by atoms with Crippen molar-refractivity contribution < 1.29 is 9.53 Å². The van der Waals surface area contributed by atoms with Crippen molar-refractivity contribution in [1.82, 2.24) is 14.9 Å². The molecule has 2 aromatic rings. The molecule has 27 heavy (non-hydrogen) atoms. The highest BCUT2D eigenvalue weighted by Gasteiger charge is 2.17. The highest BCUT2D eigenvalue weighted by atomic mass is 32.2. The first-order valence-corrected chi connectivity index (χ1v) is 9.88. The van der Waals surface area contributed by atoms with E-state index in [-0.39, 0.29) is 11.7 Å². The number of hydrogen-bond donors (Lipinski definition) is 1. The third-order valence-electron chi connectivity index (χ3n) is 4.35. The minimum absolute atomic E-state index is 0.0866. The Bertz CT molecular complexity index is 776. The Balaban J connectivity index is 1.57. The lowest BCUT2D eigenvalue weighted by Gasteiger charge is -2.33. The summed E-state index contributed by atoms with van der Waals surface area (Å²) in [5, 5.41) is 3.51. The van der Waals surface area contributed by atoms with Crippen molar-refractivity contribution >= 4 is 29.2 Å². The molecule has 1 N–H and O–H groups in total. The number of carbonyl (C=O) groups is 1. The summed E-state index contributed by atoms with van der Waals surface area (Å²) in [6.07, 6.45) is 0. The summed E-state index contributed by atoms with van der Waals surface area (Å²) in [4.78, 5) is 25.9. The predicted octanol–water partition coefficient (Wildman–Crippen LogP) is 2.28. The number of benzene rings is 1. The standard InChI is InChI=1S/C19H25N5O2S/c1-14-12-17(24-10-8-23(2)9-11-24)22-19(20-14)27-13-18(25)21-15-4-6-16(26-3)7-5-15/h4-7,12H,8-11,13H2,1-3H3,(H,21,25). The summed E-state index contributed by atoms with van der Waals surface area (Å²) in [5.41, 5.74) is 1.65. The summed E-state index contributed by atoms with van der Waals surface area (Å²) >= 11 is 1.35. The molecule has 1 aromatic carbocycles. The van der Waals surface area contributed by atoms with Gasteiger partial charge in [0.15, 0.2) is 5.16 Å². The molecule has 7 nitrogen and oxygen atoms in total. The number of thioether (sulfide) groups is 1. The number of anilines is 2. The maximum atomic E-state index is 12.2. The molecule has 3 rings (SSSR count). The van der Waals surface area contributed by atoms with Crippen molar-refractivity contribution in [1.29, 1.82) is 0 Å². The fourth-order valence-electron chi connectivity index (χ4n) is 2.79. The van der Waals surface area contributed by atoms with Crippen LogP contribution in [-0.4, -0.2) is 66.9 Å². The zero-order chi connectivity index (χ0) is 19.2. The molecule has 8 heteroatoms. The maximum absolute atomic E-state index is 12.2. The van der Waals surface area contributed by atoms with Crippen LogP contribution >= 0.6 is 11.8 Å². The number of hydrogen-bond acceptors (Lipinski definition) is 7. The van der Waals surface area contributed by atoms with Crippen LogP contribution < -0.4 is 15.0 Å². The van der Waals surface area contributed by atoms with E-state index < -0.39 is 0 Å². The lowest BCUT2D eigenvalue weighted by molar-refractivity contribution is -0.113. The van der Waals surface area contributed by atoms with Crippen molar-refractivity contribution in [3.63, 3.8) is 0 Å². The summed E-state index contributed by atoms with van der Waals surface area (Å²) < 4.78 is 5.12. The van der Waals surface area contributed by atoms with E-state index >= 15 is 0 Å². The van der Waals surface area contributed by atoms with Crippen molar-refractivity contribution in [2.45, 2.75) is 12.1 Å². The van der Waals surface area contributed by atoms with Crippen molar-refractivity contribution in [2.24, 2.45) is 0 Å². The van der Waals surface area contributed by atoms with Gasteiger partial charge in [-0.15, -0.1) is 0 Å². The van der Waals surface area contributed by atoms with Crippen LogP contribution in [0.1, 0.15) is 5.69 Å². The van der Waals surface area contributed by atoms with Gasteiger partial charge in [-0.1, -0.05) is 11.8 Å². The molecule has 1 amide bonds. The quantitative estimate of drug-likeness (QED) is 0.602. The van der Waals surface area contributed by atoms with Gasteiger partial charge in [0.2, 0.25) is 5.91 Å². The van der Waals surface area contributed by atoms with E-state index in [1.54, 1.807) is 7.11 Å². The van der Waals surface area contributed by atoms with Crippen molar-refractivity contribution in [3.05, 3.63) is 36.0 Å². The van der Waals surface area contributed by atoms with Crippen LogP contribution in [0, 0.1) is 6.92 Å². The molecular formula is C19H25N5O2S. The van der Waals surface area contributed by atoms with Gasteiger partial charge in [0.05, 0.1) is 12.9 Å². The molecule has 0 spiro atoms. The van der Waals surface area contributed by atoms with Crippen molar-refractivity contribution in [3.8, 4) is 5.75 Å². The van der Waals surface area contributed by atoms with Gasteiger partial charge in [0.1, 0.15) is 11.6 Å². The zero-order valence-corrected chi connectivity index (χ0v) is 16.8. The van der Waals surface area contributed by atoms with Crippen LogP contribution in [0.4, 0.5) is 11.5 Å². The highest BCUT2D eigenvalue weighted by molar-refractivity contribution is 7.99. The molecule has 0 bridgehead atoms. The lowest BCUT2D eigenvalue weighted by Crippen LogP contribution is -2.44. The number of nitrogens with zero attached hydrogens (tertiary/aromatic N) is 4. The van der Waals surface area contributed by atoms with Crippen LogP contribution in [0.3, 0.4) is 0 Å². The summed E-state index contributed by atoms with van der Waals surface area (Å²) in [5.74, 6) is 1.87. The molecule has 1 saturated heterocycles. The topological polar surface area (TPSA) is 70.6 Å². The van der Waals surface area contributed by atoms with E-state index in [0.29, 0.717) is 5.16 Å². The Morgan fingerprint density at radius 3 is 2.56 bits per heavy atom. The largest absolute Gasteiger partial charge is 0.497 e. The van der Waals surface area contributed by atoms with Crippen LogP contribution in [0.5, 0.6) is 5.75 Å². The summed E-state index contributed by atoms with van der Waals surface area (Å²) in [7, 11) is 3.74. The normalized spacial score (nSPS) is 14.9. The number of carbonyl (C=O) groups excluding carboxylic acids is 1. The third kappa shape index (κ3) is 5.58. The smallest absolute Gasteiger partial charge is 0.234 e. The van der Waals surface area contributed by atoms with Gasteiger partial charge in [-0.25, -0.2) is 9.97 Å². The summed E-state index contributed by atoms with van der Waals surface area (Å²) in [6.45, 7) is 5.92. The van der Waals surface area contributed by atoms with Crippen LogP contribution in [0.2, 0.25) is 0 Å². The summed E-state index contributed by atoms with van der Waals surface area (Å²) in [6, 6.07) is 9.27. The number of ether oxygens (including phenoxy) is 1. The molecule has 1 aliphatic heterocycles. The number of aromatic nitrogens is 2. The number of nitrogens with one attached hydrogen (secondary N) is 1. The molecule has 0 radical (unpaired) electrons. The first-order valence-electron chi connectivity index (χ1n) is 8.89. The second-order valence-corrected chi connectivity index (χ2v) is 7.45. The Morgan fingerprint density at radius 1 is 1.19 bits per heavy atom. The van der Waals surface area contributed by atoms with E-state index in [4.69, 9.17) is 4.74 Å². The van der Waals surface area contributed by atoms with Gasteiger partial charge in [0.25, 0.3) is 0 Å². The number of likely N-dealkylation sites (N-methyl/N-ethyl adjacent to an activating group) is 1. The average Bonchev–Trinajstić information content (AvgIpc) is 2.67. The van der Waals surface area contributed by atoms with Gasteiger partial charge in [-0.05, 0) is 38.2 Å². The third-order valence-corrected chi connectivity index (χ3v) is 5.20. The maximum Gasteiger partial charge on any atom is 0.234 e. The molecule has 0 saturated carbocycles. The molecule has 1 fully saturated rings. The van der Waals surface area contributed by atoms with E-state index in [1.807, 2.05) is 37.3 Å². The molecule has 2 heterocycles. The Hall–Kier alpha value is -2.32. The van der Waals surface area contributed by atoms with Gasteiger partial charge in [-0.2, -0.15) is 0 Å². The molecule has 1 aromatic heterocycles. The number of rotatable bonds is 6.